The summed E-state index contributed by atoms with van der Waals surface area (Å²) in [5.41, 5.74) is 2.40. The van der Waals surface area contributed by atoms with Gasteiger partial charge >= 0.3 is 5.97 Å². The third-order valence-corrected chi connectivity index (χ3v) is 4.83. The normalized spacial score (nSPS) is 16.1. The van der Waals surface area contributed by atoms with Crippen molar-refractivity contribution in [3.8, 4) is 11.5 Å². The van der Waals surface area contributed by atoms with Crippen molar-refractivity contribution in [3.05, 3.63) is 64.2 Å². The Hall–Kier alpha value is -2.77. The van der Waals surface area contributed by atoms with E-state index in [0.717, 1.165) is 11.1 Å². The molecule has 0 radical (unpaired) electrons. The lowest BCUT2D eigenvalue weighted by Crippen LogP contribution is -2.45. The minimum atomic E-state index is -0.576. The molecule has 0 spiro atoms. The van der Waals surface area contributed by atoms with E-state index in [4.69, 9.17) is 38.0 Å². The van der Waals surface area contributed by atoms with Crippen LogP contribution in [0.2, 0.25) is 5.02 Å². The Labute approximate surface area is 173 Å². The van der Waals surface area contributed by atoms with Gasteiger partial charge in [0, 0.05) is 16.7 Å². The number of esters is 1. The lowest BCUT2D eigenvalue weighted by molar-refractivity contribution is -0.136. The van der Waals surface area contributed by atoms with Crippen molar-refractivity contribution >= 4 is 40.6 Å². The summed E-state index contributed by atoms with van der Waals surface area (Å²) < 4.78 is 15.8. The largest absolute Gasteiger partial charge is 0.497 e. The smallest absolute Gasteiger partial charge is 0.338 e. The summed E-state index contributed by atoms with van der Waals surface area (Å²) >= 11 is 11.4. The third-order valence-electron chi connectivity index (χ3n) is 4.36. The van der Waals surface area contributed by atoms with Crippen LogP contribution in [0.4, 0.5) is 0 Å². The number of benzene rings is 2. The Morgan fingerprint density at radius 1 is 1.07 bits per heavy atom. The first-order chi connectivity index (χ1) is 13.5. The van der Waals surface area contributed by atoms with E-state index >= 15 is 0 Å². The fraction of sp³-hybridized carbons (Fsp3) is 0.200. The van der Waals surface area contributed by atoms with E-state index in [9.17, 15) is 4.79 Å². The summed E-state index contributed by atoms with van der Waals surface area (Å²) in [7, 11) is 4.47. The first-order valence-electron chi connectivity index (χ1n) is 8.36. The van der Waals surface area contributed by atoms with Crippen molar-refractivity contribution in [1.82, 2.24) is 10.6 Å². The number of halogens is 1. The van der Waals surface area contributed by atoms with Crippen molar-refractivity contribution in [3.63, 3.8) is 0 Å². The Morgan fingerprint density at radius 3 is 2.39 bits per heavy atom. The predicted octanol–water partition coefficient (Wildman–Crippen LogP) is 3.46. The highest BCUT2D eigenvalue weighted by Crippen LogP contribution is 2.37. The second-order valence-electron chi connectivity index (χ2n) is 5.93. The zero-order valence-electron chi connectivity index (χ0n) is 15.5. The Bertz CT molecular complexity index is 944. The Morgan fingerprint density at radius 2 is 1.79 bits per heavy atom. The van der Waals surface area contributed by atoms with Crippen molar-refractivity contribution in [1.29, 1.82) is 0 Å². The van der Waals surface area contributed by atoms with Crippen LogP contribution in [0, 0.1) is 0 Å². The summed E-state index contributed by atoms with van der Waals surface area (Å²) in [6.07, 6.45) is 0. The van der Waals surface area contributed by atoms with Crippen LogP contribution in [0.3, 0.4) is 0 Å². The minimum Gasteiger partial charge on any atom is -0.497 e. The zero-order valence-corrected chi connectivity index (χ0v) is 17.1. The lowest BCUT2D eigenvalue weighted by Gasteiger charge is -2.31. The highest BCUT2D eigenvalue weighted by atomic mass is 35.5. The van der Waals surface area contributed by atoms with Crippen LogP contribution in [-0.4, -0.2) is 32.4 Å². The predicted molar refractivity (Wildman–Crippen MR) is 112 cm³/mol. The first-order valence-corrected chi connectivity index (χ1v) is 9.15. The molecule has 146 valence electrons. The molecule has 2 N–H and O–H groups in total. The molecule has 0 saturated heterocycles. The van der Waals surface area contributed by atoms with Gasteiger partial charge in [0.2, 0.25) is 0 Å². The standard InChI is InChI=1S/C20H19ClN2O4S/c1-25-13-8-9-14(15(10-13)26-2)18-16(19(24)27-3)17(22-20(28)23-18)11-4-6-12(21)7-5-11/h4-10,18H,1-3H3,(H2,22,23,28)/t18-/m1/s1. The molecule has 0 saturated carbocycles. The summed E-state index contributed by atoms with van der Waals surface area (Å²) in [5, 5.41) is 7.17. The van der Waals surface area contributed by atoms with Gasteiger partial charge in [-0.3, -0.25) is 0 Å². The molecule has 0 fully saturated rings. The number of hydrogen-bond donors (Lipinski definition) is 2. The number of nitrogens with one attached hydrogen (secondary N) is 2. The summed E-state index contributed by atoms with van der Waals surface area (Å²) in [6.45, 7) is 0. The maximum atomic E-state index is 12.7. The number of thiocarbonyl (C=S) groups is 1. The molecule has 1 aliphatic rings. The van der Waals surface area contributed by atoms with E-state index in [1.165, 1.54) is 7.11 Å². The molecule has 0 amide bonds. The second kappa shape index (κ2) is 8.50. The molecule has 2 aromatic rings. The molecular formula is C20H19ClN2O4S. The number of rotatable bonds is 5. The van der Waals surface area contributed by atoms with Crippen molar-refractivity contribution in [2.75, 3.05) is 21.3 Å². The Balaban J connectivity index is 2.21. The zero-order chi connectivity index (χ0) is 20.3. The molecule has 2 aromatic carbocycles. The second-order valence-corrected chi connectivity index (χ2v) is 6.77. The molecule has 28 heavy (non-hydrogen) atoms. The number of carbonyl (C=O) groups is 1. The molecule has 1 heterocycles. The van der Waals surface area contributed by atoms with Gasteiger partial charge < -0.3 is 24.8 Å². The first kappa shape index (κ1) is 20.0. The molecule has 1 atom stereocenters. The molecule has 0 aliphatic carbocycles. The van der Waals surface area contributed by atoms with E-state index in [-0.39, 0.29) is 0 Å². The van der Waals surface area contributed by atoms with Gasteiger partial charge in [-0.2, -0.15) is 0 Å². The molecular weight excluding hydrogens is 400 g/mol. The van der Waals surface area contributed by atoms with Crippen molar-refractivity contribution in [2.45, 2.75) is 6.04 Å². The van der Waals surface area contributed by atoms with Crippen LogP contribution in [-0.2, 0) is 9.53 Å². The summed E-state index contributed by atoms with van der Waals surface area (Å²) in [5.74, 6) is 0.701. The fourth-order valence-corrected chi connectivity index (χ4v) is 3.37. The van der Waals surface area contributed by atoms with Crippen LogP contribution >= 0.6 is 23.8 Å². The molecule has 0 bridgehead atoms. The van der Waals surface area contributed by atoms with Gasteiger partial charge in [-0.05, 0) is 42.0 Å². The molecule has 8 heteroatoms. The molecule has 0 aromatic heterocycles. The third kappa shape index (κ3) is 3.90. The van der Waals surface area contributed by atoms with Crippen LogP contribution in [0.15, 0.2) is 48.0 Å². The van der Waals surface area contributed by atoms with Gasteiger partial charge in [-0.15, -0.1) is 0 Å². The minimum absolute atomic E-state index is 0.375. The fourth-order valence-electron chi connectivity index (χ4n) is 3.03. The van der Waals surface area contributed by atoms with Crippen LogP contribution < -0.4 is 20.1 Å². The maximum absolute atomic E-state index is 12.7. The molecule has 3 rings (SSSR count). The highest BCUT2D eigenvalue weighted by Gasteiger charge is 2.34. The van der Waals surface area contributed by atoms with E-state index in [2.05, 4.69) is 10.6 Å². The molecule has 0 unspecified atom stereocenters. The number of hydrogen-bond acceptors (Lipinski definition) is 5. The van der Waals surface area contributed by atoms with Gasteiger partial charge in [-0.25, -0.2) is 4.79 Å². The average molecular weight is 419 g/mol. The van der Waals surface area contributed by atoms with Gasteiger partial charge in [0.15, 0.2) is 5.11 Å². The van der Waals surface area contributed by atoms with E-state index in [0.29, 0.717) is 32.9 Å². The van der Waals surface area contributed by atoms with E-state index < -0.39 is 12.0 Å². The number of methoxy groups -OCH3 is 3. The van der Waals surface area contributed by atoms with Gasteiger partial charge in [0.25, 0.3) is 0 Å². The van der Waals surface area contributed by atoms with Crippen LogP contribution in [0.1, 0.15) is 17.2 Å². The monoisotopic (exact) mass is 418 g/mol. The Kier molecular flexibility index (Phi) is 6.06. The van der Waals surface area contributed by atoms with E-state index in [1.807, 2.05) is 18.2 Å². The van der Waals surface area contributed by atoms with Crippen molar-refractivity contribution in [2.24, 2.45) is 0 Å². The van der Waals surface area contributed by atoms with Gasteiger partial charge in [0.05, 0.1) is 38.6 Å². The quantitative estimate of drug-likeness (QED) is 0.569. The maximum Gasteiger partial charge on any atom is 0.338 e. The van der Waals surface area contributed by atoms with Crippen LogP contribution in [0.5, 0.6) is 11.5 Å². The lowest BCUT2D eigenvalue weighted by atomic mass is 9.92. The average Bonchev–Trinajstić information content (AvgIpc) is 2.72. The van der Waals surface area contributed by atoms with Gasteiger partial charge in [-0.1, -0.05) is 23.7 Å². The topological polar surface area (TPSA) is 68.8 Å². The van der Waals surface area contributed by atoms with Crippen molar-refractivity contribution < 1.29 is 19.0 Å². The highest BCUT2D eigenvalue weighted by molar-refractivity contribution is 7.80. The summed E-state index contributed by atoms with van der Waals surface area (Å²) in [6, 6.07) is 11.9. The molecule has 6 nitrogen and oxygen atoms in total. The summed E-state index contributed by atoms with van der Waals surface area (Å²) in [4.78, 5) is 12.7. The SMILES string of the molecule is COC(=O)C1=C(c2ccc(Cl)cc2)NC(=S)N[C@@H]1c1ccc(OC)cc1OC. The van der Waals surface area contributed by atoms with Gasteiger partial charge in [0.1, 0.15) is 11.5 Å². The van der Waals surface area contributed by atoms with E-state index in [1.54, 1.807) is 38.5 Å². The number of carbonyl (C=O) groups excluding carboxylic acids is 1. The number of ether oxygens (including phenoxy) is 3. The molecule has 1 aliphatic heterocycles. The van der Waals surface area contributed by atoms with Crippen LogP contribution in [0.25, 0.3) is 5.70 Å².